The summed E-state index contributed by atoms with van der Waals surface area (Å²) in [7, 11) is 0.699. The van der Waals surface area contributed by atoms with Crippen LogP contribution < -0.4 is 9.64 Å². The Labute approximate surface area is 175 Å². The Kier molecular flexibility index (Phi) is 5.13. The summed E-state index contributed by atoms with van der Waals surface area (Å²) in [4.78, 5) is 11.5. The first-order valence-corrected chi connectivity index (χ1v) is 11.2. The van der Waals surface area contributed by atoms with Gasteiger partial charge in [0.05, 0.1) is 15.8 Å². The minimum Gasteiger partial charge on any atom is -0.438 e. The number of anilines is 1. The molecule has 6 nitrogen and oxygen atoms in total. The minimum atomic E-state index is -3.26. The maximum absolute atomic E-state index is 11.7. The Hall–Kier alpha value is -3.45. The molecule has 3 aromatic carbocycles. The SMILES string of the molecule is CN(C)c1ccc(Oc2nc(-c3ccc(S(C)(=O)=O)cc3)nc3ccccc23)cc1. The molecule has 7 heteroatoms. The Balaban J connectivity index is 1.76. The number of sulfone groups is 1. The largest absolute Gasteiger partial charge is 0.438 e. The molecule has 4 aromatic rings. The Morgan fingerprint density at radius 2 is 1.50 bits per heavy atom. The first-order valence-electron chi connectivity index (χ1n) is 9.34. The fourth-order valence-corrected chi connectivity index (χ4v) is 3.66. The zero-order valence-electron chi connectivity index (χ0n) is 16.9. The summed E-state index contributed by atoms with van der Waals surface area (Å²) in [6.45, 7) is 0. The minimum absolute atomic E-state index is 0.254. The van der Waals surface area contributed by atoms with Crippen LogP contribution in [-0.2, 0) is 9.84 Å². The van der Waals surface area contributed by atoms with Crippen LogP contribution >= 0.6 is 0 Å². The Morgan fingerprint density at radius 1 is 0.833 bits per heavy atom. The molecule has 0 saturated heterocycles. The number of nitrogens with zero attached hydrogens (tertiary/aromatic N) is 3. The van der Waals surface area contributed by atoms with E-state index in [1.54, 1.807) is 24.3 Å². The molecule has 0 amide bonds. The lowest BCUT2D eigenvalue weighted by Gasteiger charge is -2.14. The van der Waals surface area contributed by atoms with Gasteiger partial charge in [-0.3, -0.25) is 0 Å². The summed E-state index contributed by atoms with van der Waals surface area (Å²) in [5.41, 5.74) is 2.53. The van der Waals surface area contributed by atoms with Gasteiger partial charge in [0.2, 0.25) is 5.88 Å². The van der Waals surface area contributed by atoms with Crippen LogP contribution in [0, 0.1) is 0 Å². The number of fused-ring (bicyclic) bond motifs is 1. The molecule has 0 saturated carbocycles. The molecule has 0 bridgehead atoms. The van der Waals surface area contributed by atoms with Gasteiger partial charge in [-0.25, -0.2) is 13.4 Å². The van der Waals surface area contributed by atoms with Gasteiger partial charge in [-0.1, -0.05) is 12.1 Å². The van der Waals surface area contributed by atoms with E-state index in [0.717, 1.165) is 16.6 Å². The van der Waals surface area contributed by atoms with Gasteiger partial charge in [0, 0.05) is 31.6 Å². The van der Waals surface area contributed by atoms with Crippen LogP contribution in [0.25, 0.3) is 22.3 Å². The summed E-state index contributed by atoms with van der Waals surface area (Å²) in [5.74, 6) is 1.58. The maximum atomic E-state index is 11.7. The second-order valence-corrected chi connectivity index (χ2v) is 9.17. The average molecular weight is 420 g/mol. The molecule has 0 aliphatic heterocycles. The van der Waals surface area contributed by atoms with Crippen LogP contribution in [0.5, 0.6) is 11.6 Å². The van der Waals surface area contributed by atoms with Gasteiger partial charge < -0.3 is 9.64 Å². The highest BCUT2D eigenvalue weighted by molar-refractivity contribution is 7.90. The topological polar surface area (TPSA) is 72.4 Å². The van der Waals surface area contributed by atoms with Crippen molar-refractivity contribution < 1.29 is 13.2 Å². The maximum Gasteiger partial charge on any atom is 0.230 e. The van der Waals surface area contributed by atoms with Crippen molar-refractivity contribution >= 4 is 26.4 Å². The number of hydrogen-bond acceptors (Lipinski definition) is 6. The third kappa shape index (κ3) is 4.11. The van der Waals surface area contributed by atoms with Crippen LogP contribution in [0.15, 0.2) is 77.7 Å². The van der Waals surface area contributed by atoms with Crippen LogP contribution in [0.3, 0.4) is 0 Å². The lowest BCUT2D eigenvalue weighted by atomic mass is 10.2. The number of benzene rings is 3. The van der Waals surface area contributed by atoms with E-state index in [1.807, 2.05) is 67.5 Å². The third-order valence-corrected chi connectivity index (χ3v) is 5.81. The van der Waals surface area contributed by atoms with Gasteiger partial charge in [-0.15, -0.1) is 0 Å². The number of ether oxygens (including phenoxy) is 1. The van der Waals surface area contributed by atoms with E-state index < -0.39 is 9.84 Å². The standard InChI is InChI=1S/C23H21N3O3S/c1-26(2)17-10-12-18(13-11-17)29-23-20-6-4-5-7-21(20)24-22(25-23)16-8-14-19(15-9-16)30(3,27)28/h4-15H,1-3H3. The van der Waals surface area contributed by atoms with Crippen molar-refractivity contribution in [1.29, 1.82) is 0 Å². The van der Waals surface area contributed by atoms with Gasteiger partial charge in [0.25, 0.3) is 0 Å². The van der Waals surface area contributed by atoms with E-state index in [-0.39, 0.29) is 4.90 Å². The first kappa shape index (κ1) is 19.8. The smallest absolute Gasteiger partial charge is 0.230 e. The predicted octanol–water partition coefficient (Wildman–Crippen LogP) is 4.56. The second kappa shape index (κ2) is 7.76. The fourth-order valence-electron chi connectivity index (χ4n) is 3.03. The highest BCUT2D eigenvalue weighted by Crippen LogP contribution is 2.31. The number of rotatable bonds is 5. The van der Waals surface area contributed by atoms with Crippen molar-refractivity contribution in [2.24, 2.45) is 0 Å². The molecule has 0 atom stereocenters. The third-order valence-electron chi connectivity index (χ3n) is 4.68. The van der Waals surface area contributed by atoms with Crippen LogP contribution in [0.2, 0.25) is 0 Å². The highest BCUT2D eigenvalue weighted by Gasteiger charge is 2.13. The number of hydrogen-bond donors (Lipinski definition) is 0. The molecule has 4 rings (SSSR count). The molecule has 0 radical (unpaired) electrons. The second-order valence-electron chi connectivity index (χ2n) is 7.16. The molecule has 0 aliphatic carbocycles. The lowest BCUT2D eigenvalue weighted by molar-refractivity contribution is 0.469. The van der Waals surface area contributed by atoms with Crippen molar-refractivity contribution in [1.82, 2.24) is 9.97 Å². The normalized spacial score (nSPS) is 11.4. The molecule has 0 N–H and O–H groups in total. The van der Waals surface area contributed by atoms with Crippen LogP contribution in [0.4, 0.5) is 5.69 Å². The molecular weight excluding hydrogens is 398 g/mol. The van der Waals surface area contributed by atoms with Crippen molar-refractivity contribution in [3.8, 4) is 23.0 Å². The van der Waals surface area contributed by atoms with Crippen molar-refractivity contribution in [2.75, 3.05) is 25.3 Å². The lowest BCUT2D eigenvalue weighted by Crippen LogP contribution is -2.07. The number of para-hydroxylation sites is 1. The van der Waals surface area contributed by atoms with Crippen LogP contribution in [-0.4, -0.2) is 38.7 Å². The van der Waals surface area contributed by atoms with Gasteiger partial charge >= 0.3 is 0 Å². The Bertz CT molecular complexity index is 1300. The van der Waals surface area contributed by atoms with E-state index in [9.17, 15) is 8.42 Å². The molecular formula is C23H21N3O3S. The summed E-state index contributed by atoms with van der Waals surface area (Å²) in [6, 6.07) is 21.9. The van der Waals surface area contributed by atoms with Gasteiger partial charge in [0.1, 0.15) is 5.75 Å². The quantitative estimate of drug-likeness (QED) is 0.472. The molecule has 1 heterocycles. The molecule has 1 aromatic heterocycles. The zero-order chi connectivity index (χ0) is 21.3. The first-order chi connectivity index (χ1) is 14.3. The highest BCUT2D eigenvalue weighted by atomic mass is 32.2. The molecule has 0 aliphatic rings. The van der Waals surface area contributed by atoms with E-state index in [0.29, 0.717) is 23.0 Å². The summed E-state index contributed by atoms with van der Waals surface area (Å²) in [6.07, 6.45) is 1.18. The Morgan fingerprint density at radius 3 is 2.13 bits per heavy atom. The molecule has 152 valence electrons. The molecule has 0 spiro atoms. The van der Waals surface area contributed by atoms with Crippen LogP contribution in [0.1, 0.15) is 0 Å². The fraction of sp³-hybridized carbons (Fsp3) is 0.130. The average Bonchev–Trinajstić information content (AvgIpc) is 2.73. The van der Waals surface area contributed by atoms with E-state index in [1.165, 1.54) is 6.26 Å². The van der Waals surface area contributed by atoms with Crippen molar-refractivity contribution in [3.63, 3.8) is 0 Å². The van der Waals surface area contributed by atoms with E-state index in [2.05, 4.69) is 9.97 Å². The summed E-state index contributed by atoms with van der Waals surface area (Å²) in [5, 5.41) is 0.797. The monoisotopic (exact) mass is 419 g/mol. The van der Waals surface area contributed by atoms with Crippen molar-refractivity contribution in [2.45, 2.75) is 4.90 Å². The zero-order valence-corrected chi connectivity index (χ0v) is 17.7. The molecule has 0 unspecified atom stereocenters. The van der Waals surface area contributed by atoms with Gasteiger partial charge in [-0.2, -0.15) is 4.98 Å². The summed E-state index contributed by atoms with van der Waals surface area (Å²) < 4.78 is 29.6. The van der Waals surface area contributed by atoms with Crippen molar-refractivity contribution in [3.05, 3.63) is 72.8 Å². The summed E-state index contributed by atoms with van der Waals surface area (Å²) >= 11 is 0. The number of aromatic nitrogens is 2. The molecule has 0 fully saturated rings. The molecule has 30 heavy (non-hydrogen) atoms. The van der Waals surface area contributed by atoms with Gasteiger partial charge in [0.15, 0.2) is 15.7 Å². The predicted molar refractivity (Wildman–Crippen MR) is 119 cm³/mol. The van der Waals surface area contributed by atoms with Gasteiger partial charge in [-0.05, 0) is 60.7 Å². The van der Waals surface area contributed by atoms with E-state index >= 15 is 0 Å². The van der Waals surface area contributed by atoms with E-state index in [4.69, 9.17) is 4.74 Å².